The van der Waals surface area contributed by atoms with Gasteiger partial charge in [0.1, 0.15) is 5.75 Å². The van der Waals surface area contributed by atoms with E-state index in [0.717, 1.165) is 18.7 Å². The molecule has 0 amide bonds. The molecule has 0 aliphatic heterocycles. The fourth-order valence-electron chi connectivity index (χ4n) is 2.25. The van der Waals surface area contributed by atoms with Crippen LogP contribution in [0.5, 0.6) is 5.75 Å². The number of benzene rings is 2. The Morgan fingerprint density at radius 1 is 1.05 bits per heavy atom. The molecule has 2 heteroatoms. The molecule has 2 aromatic carbocycles. The fraction of sp³-hybridized carbons (Fsp3) is 0.263. The van der Waals surface area contributed by atoms with Gasteiger partial charge in [-0.05, 0) is 41.5 Å². The standard InChI is InChI=1S/C19H23NO/c1-4-5-17-9-6-15(2)12-18(17)14-20-13-16-7-10-19(21-3)11-8-16/h5-12,14,20H,4,13H2,1-3H3/b17-5+,18-14-. The second-order valence-electron chi connectivity index (χ2n) is 5.12. The quantitative estimate of drug-likeness (QED) is 0.910. The first-order valence-electron chi connectivity index (χ1n) is 7.36. The number of nitrogens with one attached hydrogen (secondary N) is 1. The van der Waals surface area contributed by atoms with Crippen molar-refractivity contribution in [1.82, 2.24) is 5.32 Å². The molecule has 0 saturated carbocycles. The minimum absolute atomic E-state index is 0.809. The summed E-state index contributed by atoms with van der Waals surface area (Å²) in [5.41, 5.74) is 2.52. The summed E-state index contributed by atoms with van der Waals surface area (Å²) in [6.07, 6.45) is 5.39. The van der Waals surface area contributed by atoms with Crippen LogP contribution in [0.15, 0.2) is 42.5 Å². The highest BCUT2D eigenvalue weighted by atomic mass is 16.5. The summed E-state index contributed by atoms with van der Waals surface area (Å²) in [7, 11) is 1.69. The van der Waals surface area contributed by atoms with Gasteiger partial charge in [-0.1, -0.05) is 48.9 Å². The summed E-state index contributed by atoms with van der Waals surface area (Å²) in [6.45, 7) is 5.09. The highest BCUT2D eigenvalue weighted by Gasteiger charge is 1.93. The molecule has 0 radical (unpaired) electrons. The predicted molar refractivity (Wildman–Crippen MR) is 89.5 cm³/mol. The lowest BCUT2D eigenvalue weighted by molar-refractivity contribution is 0.414. The van der Waals surface area contributed by atoms with Crippen molar-refractivity contribution < 1.29 is 4.74 Å². The molecule has 0 unspecified atom stereocenters. The van der Waals surface area contributed by atoms with Crippen molar-refractivity contribution in [3.8, 4) is 5.75 Å². The van der Waals surface area contributed by atoms with Crippen LogP contribution in [0.2, 0.25) is 0 Å². The number of ether oxygens (including phenoxy) is 1. The molecule has 2 rings (SSSR count). The van der Waals surface area contributed by atoms with Crippen LogP contribution < -0.4 is 20.5 Å². The molecule has 0 aliphatic carbocycles. The van der Waals surface area contributed by atoms with E-state index in [0.29, 0.717) is 0 Å². The second kappa shape index (κ2) is 7.53. The van der Waals surface area contributed by atoms with Crippen molar-refractivity contribution in [2.24, 2.45) is 0 Å². The third-order valence-corrected chi connectivity index (χ3v) is 3.39. The van der Waals surface area contributed by atoms with Crippen LogP contribution in [0.4, 0.5) is 0 Å². The molecule has 1 N–H and O–H groups in total. The Balaban J connectivity index is 2.13. The van der Waals surface area contributed by atoms with E-state index in [4.69, 9.17) is 4.74 Å². The van der Waals surface area contributed by atoms with Crippen LogP contribution in [0.25, 0.3) is 12.3 Å². The van der Waals surface area contributed by atoms with Crippen LogP contribution >= 0.6 is 0 Å². The highest BCUT2D eigenvalue weighted by molar-refractivity contribution is 5.34. The maximum Gasteiger partial charge on any atom is 0.118 e. The molecule has 0 spiro atoms. The van der Waals surface area contributed by atoms with Gasteiger partial charge < -0.3 is 10.1 Å². The Morgan fingerprint density at radius 2 is 1.81 bits per heavy atom. The van der Waals surface area contributed by atoms with Crippen molar-refractivity contribution in [1.29, 1.82) is 0 Å². The zero-order valence-corrected chi connectivity index (χ0v) is 13.0. The number of hydrogen-bond donors (Lipinski definition) is 1. The number of hydrogen-bond acceptors (Lipinski definition) is 2. The molecular weight excluding hydrogens is 258 g/mol. The maximum absolute atomic E-state index is 5.17. The van der Waals surface area contributed by atoms with Gasteiger partial charge in [0.15, 0.2) is 0 Å². The normalized spacial score (nSPS) is 12.5. The Labute approximate surface area is 126 Å². The molecular formula is C19H23NO. The summed E-state index contributed by atoms with van der Waals surface area (Å²) >= 11 is 0. The van der Waals surface area contributed by atoms with Crippen LogP contribution in [0.1, 0.15) is 24.5 Å². The van der Waals surface area contributed by atoms with Gasteiger partial charge in [0, 0.05) is 12.7 Å². The van der Waals surface area contributed by atoms with Gasteiger partial charge in [-0.2, -0.15) is 0 Å². The minimum atomic E-state index is 0.809. The molecule has 0 fully saturated rings. The van der Waals surface area contributed by atoms with Gasteiger partial charge in [0.25, 0.3) is 0 Å². The van der Waals surface area contributed by atoms with Crippen LogP contribution in [-0.4, -0.2) is 7.11 Å². The van der Waals surface area contributed by atoms with Crippen molar-refractivity contribution in [2.45, 2.75) is 26.8 Å². The van der Waals surface area contributed by atoms with Gasteiger partial charge in [-0.15, -0.1) is 0 Å². The van der Waals surface area contributed by atoms with E-state index in [1.54, 1.807) is 7.11 Å². The smallest absolute Gasteiger partial charge is 0.118 e. The topological polar surface area (TPSA) is 21.3 Å². The monoisotopic (exact) mass is 281 g/mol. The molecule has 0 bridgehead atoms. The van der Waals surface area contributed by atoms with Crippen molar-refractivity contribution in [3.05, 3.63) is 64.0 Å². The van der Waals surface area contributed by atoms with Crippen molar-refractivity contribution >= 4 is 12.3 Å². The van der Waals surface area contributed by atoms with Gasteiger partial charge >= 0.3 is 0 Å². The average molecular weight is 281 g/mol. The van der Waals surface area contributed by atoms with Gasteiger partial charge in [-0.3, -0.25) is 0 Å². The van der Waals surface area contributed by atoms with E-state index in [2.05, 4.69) is 61.8 Å². The fourth-order valence-corrected chi connectivity index (χ4v) is 2.25. The molecule has 0 atom stereocenters. The van der Waals surface area contributed by atoms with Crippen LogP contribution in [-0.2, 0) is 6.54 Å². The van der Waals surface area contributed by atoms with Crippen LogP contribution in [0, 0.1) is 6.92 Å². The van der Waals surface area contributed by atoms with E-state index in [-0.39, 0.29) is 0 Å². The highest BCUT2D eigenvalue weighted by Crippen LogP contribution is 2.10. The summed E-state index contributed by atoms with van der Waals surface area (Å²) in [4.78, 5) is 0. The first-order valence-corrected chi connectivity index (χ1v) is 7.36. The molecule has 0 saturated heterocycles. The first-order chi connectivity index (χ1) is 10.2. The molecule has 2 aromatic rings. The lowest BCUT2D eigenvalue weighted by Crippen LogP contribution is -2.27. The van der Waals surface area contributed by atoms with E-state index in [1.165, 1.54) is 21.6 Å². The zero-order chi connectivity index (χ0) is 15.1. The Bertz CT molecular complexity index is 686. The lowest BCUT2D eigenvalue weighted by atomic mass is 10.1. The van der Waals surface area contributed by atoms with E-state index >= 15 is 0 Å². The average Bonchev–Trinajstić information content (AvgIpc) is 2.51. The van der Waals surface area contributed by atoms with Crippen molar-refractivity contribution in [2.75, 3.05) is 7.11 Å². The predicted octanol–water partition coefficient (Wildman–Crippen LogP) is 2.72. The first kappa shape index (κ1) is 15.2. The van der Waals surface area contributed by atoms with E-state index < -0.39 is 0 Å². The molecule has 0 heterocycles. The third-order valence-electron chi connectivity index (χ3n) is 3.39. The lowest BCUT2D eigenvalue weighted by Gasteiger charge is -2.04. The van der Waals surface area contributed by atoms with Gasteiger partial charge in [-0.25, -0.2) is 0 Å². The summed E-state index contributed by atoms with van der Waals surface area (Å²) in [5, 5.41) is 5.92. The SMILES string of the molecule is CC/C=c1\ccc(C)c\c1=C\NCc1ccc(OC)cc1. The summed E-state index contributed by atoms with van der Waals surface area (Å²) < 4.78 is 5.17. The molecule has 0 aromatic heterocycles. The third kappa shape index (κ3) is 4.38. The van der Waals surface area contributed by atoms with Gasteiger partial charge in [0.05, 0.1) is 7.11 Å². The molecule has 110 valence electrons. The molecule has 2 nitrogen and oxygen atoms in total. The molecule has 0 aliphatic rings. The zero-order valence-electron chi connectivity index (χ0n) is 13.0. The Kier molecular flexibility index (Phi) is 5.44. The van der Waals surface area contributed by atoms with Crippen LogP contribution in [0.3, 0.4) is 0 Å². The Morgan fingerprint density at radius 3 is 2.48 bits per heavy atom. The van der Waals surface area contributed by atoms with E-state index in [9.17, 15) is 0 Å². The second-order valence-corrected chi connectivity index (χ2v) is 5.12. The minimum Gasteiger partial charge on any atom is -0.497 e. The van der Waals surface area contributed by atoms with Gasteiger partial charge in [0.2, 0.25) is 0 Å². The maximum atomic E-state index is 5.17. The van der Waals surface area contributed by atoms with E-state index in [1.807, 2.05) is 12.1 Å². The summed E-state index contributed by atoms with van der Waals surface area (Å²) in [5.74, 6) is 0.890. The van der Waals surface area contributed by atoms with Crippen molar-refractivity contribution in [3.63, 3.8) is 0 Å². The number of methoxy groups -OCH3 is 1. The largest absolute Gasteiger partial charge is 0.497 e. The molecule has 21 heavy (non-hydrogen) atoms. The summed E-state index contributed by atoms with van der Waals surface area (Å²) in [6, 6.07) is 14.7. The number of aryl methyl sites for hydroxylation is 1. The number of rotatable bonds is 5. The Hall–Kier alpha value is -2.22.